The van der Waals surface area contributed by atoms with Gasteiger partial charge in [-0.1, -0.05) is 63.5 Å². The van der Waals surface area contributed by atoms with Gasteiger partial charge in [0.1, 0.15) is 5.82 Å². The lowest BCUT2D eigenvalue weighted by Crippen LogP contribution is -2.51. The van der Waals surface area contributed by atoms with Crippen molar-refractivity contribution in [1.82, 2.24) is 9.80 Å². The molecule has 1 saturated heterocycles. The van der Waals surface area contributed by atoms with Crippen molar-refractivity contribution in [3.8, 4) is 0 Å². The minimum absolute atomic E-state index is 0.201. The molecule has 0 bridgehead atoms. The van der Waals surface area contributed by atoms with Crippen LogP contribution < -0.4 is 0 Å². The van der Waals surface area contributed by atoms with Gasteiger partial charge in [-0.25, -0.2) is 4.39 Å². The first kappa shape index (κ1) is 22.7. The van der Waals surface area contributed by atoms with Crippen LogP contribution in [0.3, 0.4) is 0 Å². The molecule has 164 valence electrons. The molecule has 1 aromatic rings. The molecule has 0 radical (unpaired) electrons. The zero-order chi connectivity index (χ0) is 20.5. The lowest BCUT2D eigenvalue weighted by molar-refractivity contribution is -0.0480. The van der Waals surface area contributed by atoms with E-state index in [1.54, 1.807) is 0 Å². The molecule has 0 amide bonds. The fourth-order valence-electron chi connectivity index (χ4n) is 5.15. The lowest BCUT2D eigenvalue weighted by atomic mass is 9.75. The van der Waals surface area contributed by atoms with Crippen LogP contribution in [0.4, 0.5) is 4.39 Å². The van der Waals surface area contributed by atoms with E-state index in [0.717, 1.165) is 57.5 Å². The number of rotatable bonds is 4. The summed E-state index contributed by atoms with van der Waals surface area (Å²) in [5, 5.41) is 12.0. The van der Waals surface area contributed by atoms with E-state index in [0.29, 0.717) is 6.42 Å². The van der Waals surface area contributed by atoms with Crippen molar-refractivity contribution in [2.45, 2.75) is 76.2 Å². The van der Waals surface area contributed by atoms with Crippen molar-refractivity contribution in [2.75, 3.05) is 39.8 Å². The number of aliphatic hydroxyl groups is 1. The summed E-state index contributed by atoms with van der Waals surface area (Å²) in [6.45, 7) is 5.41. The van der Waals surface area contributed by atoms with Crippen molar-refractivity contribution < 1.29 is 9.50 Å². The van der Waals surface area contributed by atoms with Crippen molar-refractivity contribution in [2.24, 2.45) is 5.92 Å². The maximum absolute atomic E-state index is 13.4. The Bertz CT molecular complexity index is 585. The second kappa shape index (κ2) is 11.4. The zero-order valence-corrected chi connectivity index (χ0v) is 18.4. The molecule has 1 heterocycles. The second-order valence-corrected chi connectivity index (χ2v) is 9.57. The number of halogens is 1. The fourth-order valence-corrected chi connectivity index (χ4v) is 5.15. The third kappa shape index (κ3) is 7.34. The highest BCUT2D eigenvalue weighted by Gasteiger charge is 2.37. The maximum Gasteiger partial charge on any atom is 0.123 e. The minimum Gasteiger partial charge on any atom is -0.389 e. The first-order chi connectivity index (χ1) is 14.0. The molecule has 2 unspecified atom stereocenters. The smallest absolute Gasteiger partial charge is 0.123 e. The van der Waals surface area contributed by atoms with Crippen LogP contribution in [0.5, 0.6) is 0 Å². The molecule has 1 aliphatic heterocycles. The van der Waals surface area contributed by atoms with E-state index < -0.39 is 5.60 Å². The molecule has 1 aliphatic carbocycles. The summed E-state index contributed by atoms with van der Waals surface area (Å²) >= 11 is 0. The van der Waals surface area contributed by atoms with Gasteiger partial charge in [-0.3, -0.25) is 0 Å². The molecule has 0 spiro atoms. The van der Waals surface area contributed by atoms with Gasteiger partial charge in [0.15, 0.2) is 0 Å². The Morgan fingerprint density at radius 2 is 1.48 bits per heavy atom. The van der Waals surface area contributed by atoms with Gasteiger partial charge in [-0.2, -0.15) is 0 Å². The van der Waals surface area contributed by atoms with E-state index in [1.165, 1.54) is 57.1 Å². The van der Waals surface area contributed by atoms with Crippen LogP contribution in [0.2, 0.25) is 0 Å². The van der Waals surface area contributed by atoms with Crippen LogP contribution in [0, 0.1) is 11.7 Å². The normalized spacial score (nSPS) is 29.1. The van der Waals surface area contributed by atoms with E-state index in [9.17, 15) is 9.50 Å². The second-order valence-electron chi connectivity index (χ2n) is 9.57. The number of benzene rings is 1. The molecule has 2 fully saturated rings. The molecular weight excluding hydrogens is 363 g/mol. The number of hydrogen-bond acceptors (Lipinski definition) is 3. The summed E-state index contributed by atoms with van der Waals surface area (Å²) in [4.78, 5) is 4.95. The summed E-state index contributed by atoms with van der Waals surface area (Å²) in [5.41, 5.74) is 0.366. The average Bonchev–Trinajstić information content (AvgIpc) is 2.71. The predicted molar refractivity (Wildman–Crippen MR) is 119 cm³/mol. The van der Waals surface area contributed by atoms with Crippen LogP contribution in [-0.4, -0.2) is 60.3 Å². The van der Waals surface area contributed by atoms with E-state index in [4.69, 9.17) is 0 Å². The third-order valence-electron chi connectivity index (χ3n) is 7.17. The highest BCUT2D eigenvalue weighted by Crippen LogP contribution is 2.34. The molecule has 3 nitrogen and oxygen atoms in total. The summed E-state index contributed by atoms with van der Waals surface area (Å²) in [6, 6.07) is 6.78. The minimum atomic E-state index is -0.694. The van der Waals surface area contributed by atoms with E-state index in [2.05, 4.69) is 16.8 Å². The largest absolute Gasteiger partial charge is 0.389 e. The standard InChI is InChI=1S/C25H41FN2O/c1-27-16-18-28(19-17-27)21-23-10-8-6-4-2-3-5-7-9-15-25(23,29)20-22-11-13-24(26)14-12-22/h11-14,23,29H,2-10,15-21H2,1H3. The van der Waals surface area contributed by atoms with Crippen LogP contribution >= 0.6 is 0 Å². The molecular formula is C25H41FN2O. The first-order valence-electron chi connectivity index (χ1n) is 11.9. The number of hydrogen-bond donors (Lipinski definition) is 1. The van der Waals surface area contributed by atoms with Crippen LogP contribution in [0.25, 0.3) is 0 Å². The monoisotopic (exact) mass is 404 g/mol. The molecule has 1 saturated carbocycles. The van der Waals surface area contributed by atoms with Gasteiger partial charge in [-0.05, 0) is 37.6 Å². The molecule has 1 N–H and O–H groups in total. The average molecular weight is 405 g/mol. The van der Waals surface area contributed by atoms with Gasteiger partial charge in [0.25, 0.3) is 0 Å². The summed E-state index contributed by atoms with van der Waals surface area (Å²) < 4.78 is 13.4. The SMILES string of the molecule is CN1CCN(CC2CCCCCCCCCCC2(O)Cc2ccc(F)cc2)CC1. The quantitative estimate of drug-likeness (QED) is 0.775. The van der Waals surface area contributed by atoms with Crippen LogP contribution in [0.1, 0.15) is 69.8 Å². The number of piperazine rings is 1. The predicted octanol–water partition coefficient (Wildman–Crippen LogP) is 4.88. The van der Waals surface area contributed by atoms with Gasteiger partial charge in [-0.15, -0.1) is 0 Å². The molecule has 4 heteroatoms. The summed E-state index contributed by atoms with van der Waals surface area (Å²) in [7, 11) is 2.19. The number of likely N-dealkylation sites (N-methyl/N-ethyl adjacent to an activating group) is 1. The molecule has 29 heavy (non-hydrogen) atoms. The van der Waals surface area contributed by atoms with E-state index >= 15 is 0 Å². The van der Waals surface area contributed by atoms with Gasteiger partial charge in [0, 0.05) is 45.1 Å². The van der Waals surface area contributed by atoms with Gasteiger partial charge in [0.2, 0.25) is 0 Å². The lowest BCUT2D eigenvalue weighted by Gasteiger charge is -2.42. The van der Waals surface area contributed by atoms with Crippen LogP contribution in [0.15, 0.2) is 24.3 Å². The number of nitrogens with zero attached hydrogens (tertiary/aromatic N) is 2. The Morgan fingerprint density at radius 1 is 0.897 bits per heavy atom. The first-order valence-corrected chi connectivity index (χ1v) is 11.9. The van der Waals surface area contributed by atoms with Gasteiger partial charge < -0.3 is 14.9 Å². The van der Waals surface area contributed by atoms with Crippen molar-refractivity contribution in [1.29, 1.82) is 0 Å². The van der Waals surface area contributed by atoms with Crippen LogP contribution in [-0.2, 0) is 6.42 Å². The highest BCUT2D eigenvalue weighted by molar-refractivity contribution is 5.19. The van der Waals surface area contributed by atoms with Crippen molar-refractivity contribution in [3.63, 3.8) is 0 Å². The molecule has 2 aliphatic rings. The van der Waals surface area contributed by atoms with Crippen molar-refractivity contribution in [3.05, 3.63) is 35.6 Å². The Kier molecular flexibility index (Phi) is 8.95. The molecule has 2 atom stereocenters. The van der Waals surface area contributed by atoms with Gasteiger partial charge >= 0.3 is 0 Å². The summed E-state index contributed by atoms with van der Waals surface area (Å²) in [6.07, 6.45) is 12.7. The summed E-state index contributed by atoms with van der Waals surface area (Å²) in [5.74, 6) is 0.0869. The molecule has 3 rings (SSSR count). The maximum atomic E-state index is 13.4. The van der Waals surface area contributed by atoms with Gasteiger partial charge in [0.05, 0.1) is 5.60 Å². The van der Waals surface area contributed by atoms with E-state index in [-0.39, 0.29) is 11.7 Å². The molecule has 1 aromatic carbocycles. The van der Waals surface area contributed by atoms with Crippen molar-refractivity contribution >= 4 is 0 Å². The Morgan fingerprint density at radius 3 is 2.14 bits per heavy atom. The Hall–Kier alpha value is -0.970. The van der Waals surface area contributed by atoms with E-state index in [1.807, 2.05) is 12.1 Å². The Balaban J connectivity index is 1.75. The molecule has 0 aromatic heterocycles. The topological polar surface area (TPSA) is 26.7 Å². The zero-order valence-electron chi connectivity index (χ0n) is 18.4. The Labute approximate surface area is 177 Å². The third-order valence-corrected chi connectivity index (χ3v) is 7.17. The highest BCUT2D eigenvalue weighted by atomic mass is 19.1. The fraction of sp³-hybridized carbons (Fsp3) is 0.760.